The quantitative estimate of drug-likeness (QED) is 0.625. The molecule has 0 aromatic heterocycles. The first-order chi connectivity index (χ1) is 6.02. The molecule has 1 unspecified atom stereocenters. The zero-order chi connectivity index (χ0) is 10.3. The number of aliphatic hydroxyl groups excluding tert-OH is 1. The number of aliphatic hydroxyl groups is 1. The van der Waals surface area contributed by atoms with Gasteiger partial charge in [0.05, 0.1) is 12.6 Å². The van der Waals surface area contributed by atoms with E-state index >= 15 is 0 Å². The van der Waals surface area contributed by atoms with Gasteiger partial charge in [0.25, 0.3) is 6.43 Å². The van der Waals surface area contributed by atoms with E-state index in [0.717, 1.165) is 19.3 Å². The summed E-state index contributed by atoms with van der Waals surface area (Å²) in [4.78, 5) is 1.62. The van der Waals surface area contributed by atoms with Gasteiger partial charge in [-0.1, -0.05) is 0 Å². The van der Waals surface area contributed by atoms with Crippen LogP contribution in [0, 0.1) is 0 Å². The van der Waals surface area contributed by atoms with E-state index in [1.54, 1.807) is 18.9 Å². The Bertz CT molecular complexity index is 120. The van der Waals surface area contributed by atoms with Crippen LogP contribution in [0.4, 0.5) is 8.78 Å². The maximum absolute atomic E-state index is 11.8. The predicted octanol–water partition coefficient (Wildman–Crippen LogP) is 1.73. The molecule has 2 nitrogen and oxygen atoms in total. The molecular formula is C9H19F2NO. The Labute approximate surface area is 78.5 Å². The second-order valence-corrected chi connectivity index (χ2v) is 3.50. The second kappa shape index (κ2) is 7.21. The van der Waals surface area contributed by atoms with E-state index in [1.165, 1.54) is 0 Å². The fourth-order valence-electron chi connectivity index (χ4n) is 1.15. The molecule has 80 valence electrons. The van der Waals surface area contributed by atoms with Crippen molar-refractivity contribution in [2.24, 2.45) is 0 Å². The zero-order valence-electron chi connectivity index (χ0n) is 8.34. The molecule has 0 aromatic rings. The maximum Gasteiger partial charge on any atom is 0.251 e. The maximum atomic E-state index is 11.8. The van der Waals surface area contributed by atoms with Gasteiger partial charge in [0.15, 0.2) is 0 Å². The Morgan fingerprint density at radius 1 is 1.31 bits per heavy atom. The number of nitrogens with zero attached hydrogens (tertiary/aromatic N) is 1. The minimum absolute atomic E-state index is 0.158. The van der Waals surface area contributed by atoms with Crippen LogP contribution in [-0.2, 0) is 0 Å². The number of halogens is 2. The standard InChI is InChI=1S/C9H19F2NO/c1-8(13)5-3-4-6-12(2)7-9(10)11/h8-9,13H,3-7H2,1-2H3. The molecule has 0 bridgehead atoms. The van der Waals surface area contributed by atoms with Crippen LogP contribution in [0.5, 0.6) is 0 Å². The van der Waals surface area contributed by atoms with Crippen molar-refractivity contribution in [2.45, 2.75) is 38.7 Å². The van der Waals surface area contributed by atoms with Crippen LogP contribution in [0.2, 0.25) is 0 Å². The molecular weight excluding hydrogens is 176 g/mol. The smallest absolute Gasteiger partial charge is 0.251 e. The lowest BCUT2D eigenvalue weighted by molar-refractivity contribution is 0.0986. The van der Waals surface area contributed by atoms with Crippen LogP contribution < -0.4 is 0 Å². The molecule has 1 N–H and O–H groups in total. The largest absolute Gasteiger partial charge is 0.393 e. The number of rotatable bonds is 7. The Morgan fingerprint density at radius 3 is 2.38 bits per heavy atom. The summed E-state index contributed by atoms with van der Waals surface area (Å²) < 4.78 is 23.7. The summed E-state index contributed by atoms with van der Waals surface area (Å²) in [6.07, 6.45) is -0.0100. The lowest BCUT2D eigenvalue weighted by Gasteiger charge is -2.15. The van der Waals surface area contributed by atoms with Gasteiger partial charge in [-0.25, -0.2) is 8.78 Å². The molecule has 0 saturated carbocycles. The van der Waals surface area contributed by atoms with Gasteiger partial charge in [-0.2, -0.15) is 0 Å². The van der Waals surface area contributed by atoms with Gasteiger partial charge in [0.2, 0.25) is 0 Å². The summed E-state index contributed by atoms with van der Waals surface area (Å²) in [6.45, 7) is 2.26. The summed E-state index contributed by atoms with van der Waals surface area (Å²) in [7, 11) is 1.69. The normalized spacial score (nSPS) is 14.1. The topological polar surface area (TPSA) is 23.5 Å². The summed E-state index contributed by atoms with van der Waals surface area (Å²) in [5, 5.41) is 8.93. The Hall–Kier alpha value is -0.220. The van der Waals surface area contributed by atoms with Gasteiger partial charge >= 0.3 is 0 Å². The molecule has 0 aromatic carbocycles. The van der Waals surface area contributed by atoms with Gasteiger partial charge in [0, 0.05) is 0 Å². The van der Waals surface area contributed by atoms with Gasteiger partial charge in [-0.3, -0.25) is 0 Å². The second-order valence-electron chi connectivity index (χ2n) is 3.50. The number of hydrogen-bond acceptors (Lipinski definition) is 2. The van der Waals surface area contributed by atoms with Crippen LogP contribution in [-0.4, -0.2) is 42.7 Å². The predicted molar refractivity (Wildman–Crippen MR) is 49.0 cm³/mol. The highest BCUT2D eigenvalue weighted by molar-refractivity contribution is 4.55. The van der Waals surface area contributed by atoms with Crippen molar-refractivity contribution in [1.82, 2.24) is 4.90 Å². The van der Waals surface area contributed by atoms with Crippen LogP contribution in [0.1, 0.15) is 26.2 Å². The Balaban J connectivity index is 3.22. The molecule has 0 aliphatic rings. The first-order valence-electron chi connectivity index (χ1n) is 4.67. The summed E-state index contributed by atoms with van der Waals surface area (Å²) in [6, 6.07) is 0. The Kier molecular flexibility index (Phi) is 7.09. The van der Waals surface area contributed by atoms with Crippen LogP contribution in [0.25, 0.3) is 0 Å². The van der Waals surface area contributed by atoms with E-state index in [0.29, 0.717) is 6.54 Å². The molecule has 0 rings (SSSR count). The molecule has 4 heteroatoms. The average Bonchev–Trinajstić information content (AvgIpc) is 1.96. The number of alkyl halides is 2. The van der Waals surface area contributed by atoms with Crippen molar-refractivity contribution >= 4 is 0 Å². The van der Waals surface area contributed by atoms with Crippen molar-refractivity contribution in [1.29, 1.82) is 0 Å². The molecule has 0 fully saturated rings. The SMILES string of the molecule is CC(O)CCCCN(C)CC(F)F. The van der Waals surface area contributed by atoms with Crippen LogP contribution in [0.15, 0.2) is 0 Å². The highest BCUT2D eigenvalue weighted by Gasteiger charge is 2.06. The highest BCUT2D eigenvalue weighted by Crippen LogP contribution is 2.02. The monoisotopic (exact) mass is 195 g/mol. The highest BCUT2D eigenvalue weighted by atomic mass is 19.3. The molecule has 0 amide bonds. The number of unbranched alkanes of at least 4 members (excludes halogenated alkanes) is 1. The lowest BCUT2D eigenvalue weighted by Crippen LogP contribution is -2.25. The fraction of sp³-hybridized carbons (Fsp3) is 1.00. The van der Waals surface area contributed by atoms with Crippen molar-refractivity contribution < 1.29 is 13.9 Å². The van der Waals surface area contributed by atoms with E-state index in [4.69, 9.17) is 5.11 Å². The van der Waals surface area contributed by atoms with E-state index in [-0.39, 0.29) is 12.6 Å². The lowest BCUT2D eigenvalue weighted by atomic mass is 10.2. The third-order valence-electron chi connectivity index (χ3n) is 1.86. The third-order valence-corrected chi connectivity index (χ3v) is 1.86. The molecule has 0 heterocycles. The Morgan fingerprint density at radius 2 is 1.92 bits per heavy atom. The molecule has 0 aliphatic heterocycles. The van der Waals surface area contributed by atoms with E-state index in [9.17, 15) is 8.78 Å². The first-order valence-corrected chi connectivity index (χ1v) is 4.67. The van der Waals surface area contributed by atoms with Crippen LogP contribution >= 0.6 is 0 Å². The van der Waals surface area contributed by atoms with Crippen molar-refractivity contribution in [3.8, 4) is 0 Å². The molecule has 0 aliphatic carbocycles. The average molecular weight is 195 g/mol. The van der Waals surface area contributed by atoms with Crippen molar-refractivity contribution in [2.75, 3.05) is 20.1 Å². The summed E-state index contributed by atoms with van der Waals surface area (Å²) in [5.74, 6) is 0. The zero-order valence-corrected chi connectivity index (χ0v) is 8.34. The van der Waals surface area contributed by atoms with E-state index in [1.807, 2.05) is 0 Å². The van der Waals surface area contributed by atoms with Crippen molar-refractivity contribution in [3.63, 3.8) is 0 Å². The van der Waals surface area contributed by atoms with E-state index < -0.39 is 6.43 Å². The van der Waals surface area contributed by atoms with Crippen LogP contribution in [0.3, 0.4) is 0 Å². The van der Waals surface area contributed by atoms with Gasteiger partial charge in [-0.15, -0.1) is 0 Å². The minimum Gasteiger partial charge on any atom is -0.393 e. The van der Waals surface area contributed by atoms with Gasteiger partial charge in [-0.05, 0) is 39.8 Å². The number of hydrogen-bond donors (Lipinski definition) is 1. The summed E-state index contributed by atoms with van der Waals surface area (Å²) >= 11 is 0. The molecule has 1 atom stereocenters. The van der Waals surface area contributed by atoms with E-state index in [2.05, 4.69) is 0 Å². The summed E-state index contributed by atoms with van der Waals surface area (Å²) in [5.41, 5.74) is 0. The molecule has 0 radical (unpaired) electrons. The minimum atomic E-state index is -2.25. The fourth-order valence-corrected chi connectivity index (χ4v) is 1.15. The molecule has 13 heavy (non-hydrogen) atoms. The molecule has 0 saturated heterocycles. The first kappa shape index (κ1) is 12.8. The molecule has 0 spiro atoms. The third kappa shape index (κ3) is 9.70. The van der Waals surface area contributed by atoms with Gasteiger partial charge < -0.3 is 10.0 Å². The van der Waals surface area contributed by atoms with Crippen molar-refractivity contribution in [3.05, 3.63) is 0 Å². The van der Waals surface area contributed by atoms with Gasteiger partial charge in [0.1, 0.15) is 0 Å².